The van der Waals surface area contributed by atoms with Crippen LogP contribution < -0.4 is 0 Å². The smallest absolute Gasteiger partial charge is 0.0915 e. The van der Waals surface area contributed by atoms with Crippen LogP contribution in [-0.2, 0) is 0 Å². The molecule has 2 nitrogen and oxygen atoms in total. The molecule has 4 rings (SSSR count). The van der Waals surface area contributed by atoms with E-state index in [1.165, 1.54) is 31.3 Å². The summed E-state index contributed by atoms with van der Waals surface area (Å²) in [6.45, 7) is 18.7. The van der Waals surface area contributed by atoms with E-state index in [9.17, 15) is 10.2 Å². The molecule has 31 heavy (non-hydrogen) atoms. The van der Waals surface area contributed by atoms with E-state index in [-0.39, 0.29) is 16.9 Å². The predicted octanol–water partition coefficient (Wildman–Crippen LogP) is 6.92. The zero-order chi connectivity index (χ0) is 22.8. The molecule has 0 radical (unpaired) electrons. The van der Waals surface area contributed by atoms with Gasteiger partial charge in [0.25, 0.3) is 0 Å². The molecule has 176 valence electrons. The van der Waals surface area contributed by atoms with Crippen LogP contribution in [0.1, 0.15) is 99.3 Å². The zero-order valence-corrected chi connectivity index (χ0v) is 21.1. The maximum atomic E-state index is 12.3. The van der Waals surface area contributed by atoms with Gasteiger partial charge in [0.15, 0.2) is 0 Å². The molecule has 2 heteroatoms. The lowest BCUT2D eigenvalue weighted by molar-refractivity contribution is -0.106. The van der Waals surface area contributed by atoms with E-state index in [2.05, 4.69) is 54.2 Å². The summed E-state index contributed by atoms with van der Waals surface area (Å²) in [7, 11) is 0. The number of hydrogen-bond acceptors (Lipinski definition) is 2. The van der Waals surface area contributed by atoms with Crippen molar-refractivity contribution in [3.05, 3.63) is 23.8 Å². The van der Waals surface area contributed by atoms with Gasteiger partial charge in [0.05, 0.1) is 11.7 Å². The van der Waals surface area contributed by atoms with E-state index in [0.29, 0.717) is 23.7 Å². The van der Waals surface area contributed by atoms with Crippen LogP contribution in [0.25, 0.3) is 0 Å². The first-order valence-electron chi connectivity index (χ1n) is 13.3. The van der Waals surface area contributed by atoms with Crippen molar-refractivity contribution in [3.8, 4) is 0 Å². The highest BCUT2D eigenvalue weighted by atomic mass is 16.3. The van der Waals surface area contributed by atoms with Gasteiger partial charge < -0.3 is 10.2 Å². The second-order valence-corrected chi connectivity index (χ2v) is 12.9. The standard InChI is InChI=1S/C29H48O2/c1-18(2)19(3)8-9-20(4)22-13-17-29(31)25-11-10-23-21(5)26(30)14-15-27(23,6)24(25)12-16-28(22,29)7/h11,18-20,22-24,26,30-31H,5,8-10,12-17H2,1-4,6-7H3/t19-,20-,22-,23+,24+,26+,27+,28-,29-/m1/s1. The van der Waals surface area contributed by atoms with Gasteiger partial charge in [-0.25, -0.2) is 0 Å². The minimum absolute atomic E-state index is 0.00417. The molecule has 0 aromatic rings. The first kappa shape index (κ1) is 23.6. The van der Waals surface area contributed by atoms with Gasteiger partial charge in [0, 0.05) is 5.41 Å². The average Bonchev–Trinajstić information content (AvgIpc) is 3.00. The topological polar surface area (TPSA) is 40.5 Å². The first-order chi connectivity index (χ1) is 14.5. The molecule has 0 heterocycles. The zero-order valence-electron chi connectivity index (χ0n) is 21.1. The molecule has 2 N–H and O–H groups in total. The third-order valence-corrected chi connectivity index (χ3v) is 11.3. The Morgan fingerprint density at radius 1 is 1.00 bits per heavy atom. The maximum Gasteiger partial charge on any atom is 0.0915 e. The van der Waals surface area contributed by atoms with Crippen LogP contribution in [0.4, 0.5) is 0 Å². The SMILES string of the molecule is C=C1[C@@H](O)CC[C@@]2(C)[C@H]1CC=C1[C@@H]2CC[C@]2(C)[C@@H]([C@H](C)CC[C@@H](C)C(C)C)CC[C@@]12O. The van der Waals surface area contributed by atoms with Crippen molar-refractivity contribution in [1.82, 2.24) is 0 Å². The molecule has 0 amide bonds. The minimum atomic E-state index is -0.635. The van der Waals surface area contributed by atoms with Crippen LogP contribution in [0.3, 0.4) is 0 Å². The fourth-order valence-corrected chi connectivity index (χ4v) is 8.54. The van der Waals surface area contributed by atoms with Crippen molar-refractivity contribution in [2.75, 3.05) is 0 Å². The van der Waals surface area contributed by atoms with Gasteiger partial charge in [0.1, 0.15) is 0 Å². The summed E-state index contributed by atoms with van der Waals surface area (Å²) in [6, 6.07) is 0. The van der Waals surface area contributed by atoms with E-state index in [0.717, 1.165) is 49.5 Å². The maximum absolute atomic E-state index is 12.3. The van der Waals surface area contributed by atoms with Crippen LogP contribution in [0.5, 0.6) is 0 Å². The molecule has 0 aromatic carbocycles. The van der Waals surface area contributed by atoms with E-state index in [1.807, 2.05) is 0 Å². The van der Waals surface area contributed by atoms with Gasteiger partial charge in [-0.15, -0.1) is 0 Å². The second kappa shape index (κ2) is 8.01. The molecule has 9 atom stereocenters. The van der Waals surface area contributed by atoms with Crippen LogP contribution in [0, 0.1) is 46.3 Å². The van der Waals surface area contributed by atoms with Crippen LogP contribution >= 0.6 is 0 Å². The molecule has 0 unspecified atom stereocenters. The molecule has 0 aliphatic heterocycles. The van der Waals surface area contributed by atoms with Crippen LogP contribution in [-0.4, -0.2) is 21.9 Å². The highest BCUT2D eigenvalue weighted by molar-refractivity contribution is 5.37. The fraction of sp³-hybridized carbons (Fsp3) is 0.862. The van der Waals surface area contributed by atoms with Gasteiger partial charge in [-0.2, -0.15) is 0 Å². The Kier molecular flexibility index (Phi) is 6.09. The first-order valence-corrected chi connectivity index (χ1v) is 13.3. The van der Waals surface area contributed by atoms with Gasteiger partial charge in [-0.05, 0) is 97.0 Å². The second-order valence-electron chi connectivity index (χ2n) is 12.9. The summed E-state index contributed by atoms with van der Waals surface area (Å²) < 4.78 is 0. The number of hydrogen-bond donors (Lipinski definition) is 2. The quantitative estimate of drug-likeness (QED) is 0.467. The fourth-order valence-electron chi connectivity index (χ4n) is 8.54. The summed E-state index contributed by atoms with van der Waals surface area (Å²) in [5.41, 5.74) is 1.93. The van der Waals surface area contributed by atoms with Crippen LogP contribution in [0.2, 0.25) is 0 Å². The number of aliphatic hydroxyl groups excluding tert-OH is 1. The van der Waals surface area contributed by atoms with E-state index >= 15 is 0 Å². The monoisotopic (exact) mass is 428 g/mol. The van der Waals surface area contributed by atoms with E-state index < -0.39 is 5.60 Å². The van der Waals surface area contributed by atoms with Crippen molar-refractivity contribution in [2.24, 2.45) is 46.3 Å². The highest BCUT2D eigenvalue weighted by Crippen LogP contribution is 2.68. The summed E-state index contributed by atoms with van der Waals surface area (Å²) in [6.07, 6.45) is 11.9. The molecule has 3 saturated carbocycles. The van der Waals surface area contributed by atoms with Crippen molar-refractivity contribution in [2.45, 2.75) is 111 Å². The largest absolute Gasteiger partial charge is 0.389 e. The van der Waals surface area contributed by atoms with Gasteiger partial charge in [-0.1, -0.05) is 67.0 Å². The normalized spacial score (nSPS) is 46.7. The lowest BCUT2D eigenvalue weighted by Gasteiger charge is -2.60. The molecule has 0 bridgehead atoms. The number of aliphatic hydroxyl groups is 2. The Morgan fingerprint density at radius 2 is 1.71 bits per heavy atom. The summed E-state index contributed by atoms with van der Waals surface area (Å²) in [5, 5.41) is 22.8. The molecule has 0 spiro atoms. The van der Waals surface area contributed by atoms with Gasteiger partial charge in [-0.3, -0.25) is 0 Å². The van der Waals surface area contributed by atoms with Crippen molar-refractivity contribution in [1.29, 1.82) is 0 Å². The summed E-state index contributed by atoms with van der Waals surface area (Å²) in [5.74, 6) is 3.64. The third-order valence-electron chi connectivity index (χ3n) is 11.3. The number of allylic oxidation sites excluding steroid dienone is 1. The Hall–Kier alpha value is -0.600. The molecule has 4 aliphatic carbocycles. The average molecular weight is 429 g/mol. The predicted molar refractivity (Wildman–Crippen MR) is 130 cm³/mol. The molecular weight excluding hydrogens is 380 g/mol. The van der Waals surface area contributed by atoms with Crippen molar-refractivity contribution >= 4 is 0 Å². The Balaban J connectivity index is 1.58. The summed E-state index contributed by atoms with van der Waals surface area (Å²) in [4.78, 5) is 0. The highest BCUT2D eigenvalue weighted by Gasteiger charge is 2.65. The number of fused-ring (bicyclic) bond motifs is 5. The molecule has 3 fully saturated rings. The van der Waals surface area contributed by atoms with Gasteiger partial charge in [0.2, 0.25) is 0 Å². The number of rotatable bonds is 5. The third kappa shape index (κ3) is 3.41. The van der Waals surface area contributed by atoms with Crippen molar-refractivity contribution in [3.63, 3.8) is 0 Å². The minimum Gasteiger partial charge on any atom is -0.389 e. The molecule has 0 aromatic heterocycles. The van der Waals surface area contributed by atoms with E-state index in [4.69, 9.17) is 0 Å². The lowest BCUT2D eigenvalue weighted by atomic mass is 9.46. The molecule has 0 saturated heterocycles. The summed E-state index contributed by atoms with van der Waals surface area (Å²) >= 11 is 0. The Labute approximate surface area is 191 Å². The van der Waals surface area contributed by atoms with Gasteiger partial charge >= 0.3 is 0 Å². The van der Waals surface area contributed by atoms with Crippen molar-refractivity contribution < 1.29 is 10.2 Å². The Bertz CT molecular complexity index is 737. The molecule has 4 aliphatic rings. The Morgan fingerprint density at radius 3 is 2.39 bits per heavy atom. The lowest BCUT2D eigenvalue weighted by Crippen LogP contribution is -2.58. The van der Waals surface area contributed by atoms with E-state index in [1.54, 1.807) is 0 Å². The van der Waals surface area contributed by atoms with Crippen LogP contribution in [0.15, 0.2) is 23.8 Å². The molecular formula is C29H48O2.